The van der Waals surface area contributed by atoms with E-state index in [0.717, 1.165) is 11.3 Å². The van der Waals surface area contributed by atoms with E-state index >= 15 is 0 Å². The Morgan fingerprint density at radius 3 is 2.25 bits per heavy atom. The maximum Gasteiger partial charge on any atom is 0.240 e. The van der Waals surface area contributed by atoms with Crippen molar-refractivity contribution in [3.8, 4) is 5.75 Å². The largest absolute Gasteiger partial charge is 0.497 e. The second-order valence-corrected chi connectivity index (χ2v) is 9.64. The van der Waals surface area contributed by atoms with Gasteiger partial charge >= 0.3 is 0 Å². The molecule has 5 rings (SSSR count). The van der Waals surface area contributed by atoms with Crippen molar-refractivity contribution in [2.45, 2.75) is 32.9 Å². The SMILES string of the molecule is COc1ccc(N2C(=O)[C@@H]3[C@H](C2=O)[C@H](C(=O)C(C)(C)C)N2c4ccccc4C=C[C@@H]32)cc1. The molecule has 2 fully saturated rings. The summed E-state index contributed by atoms with van der Waals surface area (Å²) in [5.41, 5.74) is 1.73. The number of amides is 2. The number of ketones is 1. The zero-order chi connectivity index (χ0) is 22.8. The molecule has 6 nitrogen and oxygen atoms in total. The summed E-state index contributed by atoms with van der Waals surface area (Å²) in [5.74, 6) is -1.28. The molecule has 0 unspecified atom stereocenters. The average molecular weight is 431 g/mol. The van der Waals surface area contributed by atoms with E-state index in [1.807, 2.05) is 62.1 Å². The first-order valence-electron chi connectivity index (χ1n) is 10.9. The van der Waals surface area contributed by atoms with Gasteiger partial charge in [-0.1, -0.05) is 51.1 Å². The quantitative estimate of drug-likeness (QED) is 0.695. The van der Waals surface area contributed by atoms with Gasteiger partial charge in [0.05, 0.1) is 30.7 Å². The van der Waals surface area contributed by atoms with E-state index in [-0.39, 0.29) is 23.6 Å². The number of carbonyl (C=O) groups is 3. The molecule has 3 aliphatic rings. The third-order valence-corrected chi connectivity index (χ3v) is 6.75. The lowest BCUT2D eigenvalue weighted by Crippen LogP contribution is -2.51. The first-order chi connectivity index (χ1) is 15.2. The number of hydrogen-bond acceptors (Lipinski definition) is 5. The first kappa shape index (κ1) is 20.5. The number of fused-ring (bicyclic) bond motifs is 5. The zero-order valence-corrected chi connectivity index (χ0v) is 18.6. The van der Waals surface area contributed by atoms with Crippen LogP contribution < -0.4 is 14.5 Å². The predicted molar refractivity (Wildman–Crippen MR) is 122 cm³/mol. The van der Waals surface area contributed by atoms with Gasteiger partial charge in [-0.3, -0.25) is 14.4 Å². The normalized spacial score (nSPS) is 26.1. The standard InChI is InChI=1S/C26H26N2O4/c1-26(2,3)23(29)22-21-20(19-14-9-15-7-5-6-8-18(15)28(19)22)24(30)27(25(21)31)16-10-12-17(32-4)13-11-16/h5-14,19-22H,1-4H3/t19-,20-,21-,22+/m0/s1. The van der Waals surface area contributed by atoms with Gasteiger partial charge < -0.3 is 9.64 Å². The first-order valence-corrected chi connectivity index (χ1v) is 10.9. The Bertz CT molecular complexity index is 1150. The highest BCUT2D eigenvalue weighted by atomic mass is 16.5. The van der Waals surface area contributed by atoms with Crippen molar-refractivity contribution in [3.05, 3.63) is 60.2 Å². The molecular weight excluding hydrogens is 404 g/mol. The van der Waals surface area contributed by atoms with Gasteiger partial charge in [-0.25, -0.2) is 4.90 Å². The molecule has 3 aliphatic heterocycles. The minimum atomic E-state index is -0.725. The Kier molecular flexibility index (Phi) is 4.52. The van der Waals surface area contributed by atoms with E-state index in [4.69, 9.17) is 4.74 Å². The minimum absolute atomic E-state index is 0.0298. The van der Waals surface area contributed by atoms with Crippen LogP contribution in [0.3, 0.4) is 0 Å². The molecule has 0 N–H and O–H groups in total. The second kappa shape index (κ2) is 7.05. The number of Topliss-reactive ketones (excluding diaryl/α,β-unsaturated/α-hetero) is 1. The summed E-state index contributed by atoms with van der Waals surface area (Å²) in [5, 5.41) is 0. The number of rotatable bonds is 3. The van der Waals surface area contributed by atoms with Crippen LogP contribution in [0.25, 0.3) is 6.08 Å². The Morgan fingerprint density at radius 2 is 1.59 bits per heavy atom. The number of benzene rings is 2. The van der Waals surface area contributed by atoms with Crippen LogP contribution in [0.4, 0.5) is 11.4 Å². The summed E-state index contributed by atoms with van der Waals surface area (Å²) in [4.78, 5) is 44.3. The molecule has 2 aromatic carbocycles. The number of imide groups is 1. The summed E-state index contributed by atoms with van der Waals surface area (Å²) < 4.78 is 5.20. The molecule has 2 aromatic rings. The molecule has 3 heterocycles. The number of anilines is 2. The van der Waals surface area contributed by atoms with Crippen LogP contribution in [-0.4, -0.2) is 36.8 Å². The summed E-state index contributed by atoms with van der Waals surface area (Å²) >= 11 is 0. The fourth-order valence-electron chi connectivity index (χ4n) is 5.24. The molecule has 4 atom stereocenters. The fraction of sp³-hybridized carbons (Fsp3) is 0.346. The molecule has 0 aromatic heterocycles. The number of para-hydroxylation sites is 1. The molecule has 0 bridgehead atoms. The molecule has 0 saturated carbocycles. The van der Waals surface area contributed by atoms with Crippen LogP contribution >= 0.6 is 0 Å². The van der Waals surface area contributed by atoms with Gasteiger partial charge in [-0.15, -0.1) is 0 Å². The van der Waals surface area contributed by atoms with Crippen molar-refractivity contribution in [3.63, 3.8) is 0 Å². The highest BCUT2D eigenvalue weighted by Crippen LogP contribution is 2.50. The number of carbonyl (C=O) groups excluding carboxylic acids is 3. The Balaban J connectivity index is 1.62. The highest BCUT2D eigenvalue weighted by molar-refractivity contribution is 6.25. The van der Waals surface area contributed by atoms with Crippen LogP contribution in [0.2, 0.25) is 0 Å². The molecule has 0 radical (unpaired) electrons. The Morgan fingerprint density at radius 1 is 0.938 bits per heavy atom. The van der Waals surface area contributed by atoms with Crippen LogP contribution in [-0.2, 0) is 14.4 Å². The molecule has 2 amide bonds. The van der Waals surface area contributed by atoms with Crippen molar-refractivity contribution in [2.75, 3.05) is 16.9 Å². The van der Waals surface area contributed by atoms with Crippen LogP contribution in [0.15, 0.2) is 54.6 Å². The monoisotopic (exact) mass is 430 g/mol. The van der Waals surface area contributed by atoms with Gasteiger partial charge in [0, 0.05) is 11.1 Å². The second-order valence-electron chi connectivity index (χ2n) is 9.64. The molecule has 0 aliphatic carbocycles. The van der Waals surface area contributed by atoms with Crippen LogP contribution in [0, 0.1) is 17.3 Å². The van der Waals surface area contributed by atoms with E-state index in [9.17, 15) is 14.4 Å². The van der Waals surface area contributed by atoms with E-state index in [1.165, 1.54) is 4.90 Å². The average Bonchev–Trinajstić information content (AvgIpc) is 3.25. The molecule has 6 heteroatoms. The summed E-state index contributed by atoms with van der Waals surface area (Å²) in [6.07, 6.45) is 3.96. The van der Waals surface area contributed by atoms with Crippen LogP contribution in [0.1, 0.15) is 26.3 Å². The third-order valence-electron chi connectivity index (χ3n) is 6.75. The van der Waals surface area contributed by atoms with E-state index in [0.29, 0.717) is 11.4 Å². The van der Waals surface area contributed by atoms with E-state index in [1.54, 1.807) is 31.4 Å². The zero-order valence-electron chi connectivity index (χ0n) is 18.6. The number of ether oxygens (including phenoxy) is 1. The van der Waals surface area contributed by atoms with Crippen molar-refractivity contribution < 1.29 is 19.1 Å². The maximum absolute atomic E-state index is 13.7. The van der Waals surface area contributed by atoms with E-state index < -0.39 is 23.3 Å². The minimum Gasteiger partial charge on any atom is -0.497 e. The smallest absolute Gasteiger partial charge is 0.240 e. The van der Waals surface area contributed by atoms with Gasteiger partial charge in [0.1, 0.15) is 11.8 Å². The lowest BCUT2D eigenvalue weighted by atomic mass is 9.79. The summed E-state index contributed by atoms with van der Waals surface area (Å²) in [7, 11) is 1.57. The van der Waals surface area contributed by atoms with Gasteiger partial charge in [-0.05, 0) is 35.9 Å². The lowest BCUT2D eigenvalue weighted by molar-refractivity contribution is -0.132. The topological polar surface area (TPSA) is 66.9 Å². The molecule has 32 heavy (non-hydrogen) atoms. The molecular formula is C26H26N2O4. The van der Waals surface area contributed by atoms with E-state index in [2.05, 4.69) is 0 Å². The van der Waals surface area contributed by atoms with Crippen molar-refractivity contribution in [1.29, 1.82) is 0 Å². The van der Waals surface area contributed by atoms with Gasteiger partial charge in [0.2, 0.25) is 11.8 Å². The maximum atomic E-state index is 13.7. The van der Waals surface area contributed by atoms with Crippen molar-refractivity contribution in [1.82, 2.24) is 0 Å². The number of methoxy groups -OCH3 is 1. The Hall–Kier alpha value is -3.41. The molecule has 0 spiro atoms. The highest BCUT2D eigenvalue weighted by Gasteiger charge is 2.64. The van der Waals surface area contributed by atoms with Crippen molar-refractivity contribution >= 4 is 35.0 Å². The van der Waals surface area contributed by atoms with Crippen molar-refractivity contribution in [2.24, 2.45) is 17.3 Å². The summed E-state index contributed by atoms with van der Waals surface area (Å²) in [6.45, 7) is 5.60. The number of nitrogens with zero attached hydrogens (tertiary/aromatic N) is 2. The Labute approximate surface area is 187 Å². The third kappa shape index (κ3) is 2.82. The van der Waals surface area contributed by atoms with Gasteiger partial charge in [0.25, 0.3) is 0 Å². The predicted octanol–water partition coefficient (Wildman–Crippen LogP) is 3.70. The van der Waals surface area contributed by atoms with Crippen LogP contribution in [0.5, 0.6) is 5.75 Å². The van der Waals surface area contributed by atoms with Gasteiger partial charge in [0.15, 0.2) is 5.78 Å². The lowest BCUT2D eigenvalue weighted by Gasteiger charge is -2.38. The fourth-order valence-corrected chi connectivity index (χ4v) is 5.24. The number of hydrogen-bond donors (Lipinski definition) is 0. The summed E-state index contributed by atoms with van der Waals surface area (Å²) in [6, 6.07) is 13.7. The molecule has 2 saturated heterocycles. The van der Waals surface area contributed by atoms with Gasteiger partial charge in [-0.2, -0.15) is 0 Å². The molecule has 164 valence electrons.